The molecule has 0 radical (unpaired) electrons. The minimum absolute atomic E-state index is 0.0388. The molecule has 1 saturated carbocycles. The van der Waals surface area contributed by atoms with Crippen LogP contribution in [0.1, 0.15) is 23.2 Å². The Bertz CT molecular complexity index is 365. The first-order chi connectivity index (χ1) is 6.75. The van der Waals surface area contributed by atoms with Crippen LogP contribution >= 0.6 is 15.9 Å². The molecule has 2 nitrogen and oxygen atoms in total. The zero-order valence-corrected chi connectivity index (χ0v) is 9.20. The van der Waals surface area contributed by atoms with Crippen molar-refractivity contribution < 1.29 is 4.79 Å². The molecule has 1 aliphatic rings. The first kappa shape index (κ1) is 9.59. The van der Waals surface area contributed by atoms with Crippen LogP contribution < -0.4 is 0 Å². The maximum absolute atomic E-state index is 11.5. The highest BCUT2D eigenvalue weighted by molar-refractivity contribution is 9.10. The number of carbonyl (C=O) groups excluding carboxylic acids is 1. The highest BCUT2D eigenvalue weighted by Gasteiger charge is 2.17. The van der Waals surface area contributed by atoms with Gasteiger partial charge in [-0.3, -0.25) is 4.79 Å². The maximum Gasteiger partial charge on any atom is 0.187 e. The Balaban J connectivity index is 2.06. The van der Waals surface area contributed by atoms with E-state index in [1.807, 2.05) is 6.08 Å². The second-order valence-electron chi connectivity index (χ2n) is 3.43. The molecule has 1 fully saturated rings. The van der Waals surface area contributed by atoms with Crippen molar-refractivity contribution in [2.75, 3.05) is 0 Å². The lowest BCUT2D eigenvalue weighted by Crippen LogP contribution is -1.94. The molecule has 0 aliphatic heterocycles. The molecule has 14 heavy (non-hydrogen) atoms. The molecule has 0 atom stereocenters. The van der Waals surface area contributed by atoms with Crippen LogP contribution in [-0.2, 0) is 0 Å². The average Bonchev–Trinajstić information content (AvgIpc) is 2.99. The minimum Gasteiger partial charge on any atom is -0.289 e. The van der Waals surface area contributed by atoms with Crippen molar-refractivity contribution in [2.45, 2.75) is 12.8 Å². The highest BCUT2D eigenvalue weighted by Crippen LogP contribution is 2.30. The minimum atomic E-state index is 0.0388. The molecule has 0 unspecified atom stereocenters. The lowest BCUT2D eigenvalue weighted by Gasteiger charge is -1.94. The quantitative estimate of drug-likeness (QED) is 0.470. The van der Waals surface area contributed by atoms with Gasteiger partial charge in [-0.1, -0.05) is 6.08 Å². The third-order valence-electron chi connectivity index (χ3n) is 2.15. The van der Waals surface area contributed by atoms with Crippen molar-refractivity contribution in [2.24, 2.45) is 5.92 Å². The Morgan fingerprint density at radius 2 is 2.29 bits per heavy atom. The predicted octanol–water partition coefficient (Wildman–Crippen LogP) is 2.99. The van der Waals surface area contributed by atoms with Crippen LogP contribution in [0.15, 0.2) is 35.1 Å². The normalized spacial score (nSPS) is 16.1. The van der Waals surface area contributed by atoms with Crippen molar-refractivity contribution >= 4 is 21.7 Å². The summed E-state index contributed by atoms with van der Waals surface area (Å²) in [6, 6.07) is 3.55. The molecule has 0 N–H and O–H groups in total. The number of nitrogens with zero attached hydrogens (tertiary/aromatic N) is 1. The number of pyridine rings is 1. The number of aromatic nitrogens is 1. The van der Waals surface area contributed by atoms with Gasteiger partial charge >= 0.3 is 0 Å². The fraction of sp³-hybridized carbons (Fsp3) is 0.273. The van der Waals surface area contributed by atoms with E-state index in [0.717, 1.165) is 4.60 Å². The van der Waals surface area contributed by atoms with E-state index in [1.165, 1.54) is 12.8 Å². The van der Waals surface area contributed by atoms with Crippen LogP contribution in [0.5, 0.6) is 0 Å². The predicted molar refractivity (Wildman–Crippen MR) is 58.1 cm³/mol. The van der Waals surface area contributed by atoms with Gasteiger partial charge in [0.05, 0.1) is 0 Å². The number of ketones is 1. The van der Waals surface area contributed by atoms with E-state index in [2.05, 4.69) is 20.9 Å². The molecular weight excluding hydrogens is 242 g/mol. The summed E-state index contributed by atoms with van der Waals surface area (Å²) < 4.78 is 0.750. The van der Waals surface area contributed by atoms with Crippen LogP contribution in [0, 0.1) is 5.92 Å². The molecule has 0 saturated heterocycles. The highest BCUT2D eigenvalue weighted by atomic mass is 79.9. The zero-order chi connectivity index (χ0) is 9.97. The van der Waals surface area contributed by atoms with E-state index in [-0.39, 0.29) is 5.78 Å². The molecule has 0 spiro atoms. The van der Waals surface area contributed by atoms with Gasteiger partial charge in [-0.25, -0.2) is 4.98 Å². The molecule has 2 rings (SSSR count). The Morgan fingerprint density at radius 1 is 1.50 bits per heavy atom. The Kier molecular flexibility index (Phi) is 2.77. The summed E-state index contributed by atoms with van der Waals surface area (Å²) in [5.74, 6) is 0.680. The first-order valence-corrected chi connectivity index (χ1v) is 5.39. The SMILES string of the molecule is O=C(C=CC1CC1)c1ccc(Br)nc1. The van der Waals surface area contributed by atoms with Crippen LogP contribution in [-0.4, -0.2) is 10.8 Å². The standard InChI is InChI=1S/C11H10BrNO/c12-11-6-4-9(7-13-11)10(14)5-3-8-1-2-8/h3-8H,1-2H2. The number of rotatable bonds is 3. The monoisotopic (exact) mass is 251 g/mol. The molecule has 1 aromatic heterocycles. The number of hydrogen-bond acceptors (Lipinski definition) is 2. The molecule has 1 aliphatic carbocycles. The smallest absolute Gasteiger partial charge is 0.187 e. The van der Waals surface area contributed by atoms with Gasteiger partial charge in [0.25, 0.3) is 0 Å². The third kappa shape index (κ3) is 2.51. The average molecular weight is 252 g/mol. The van der Waals surface area contributed by atoms with Crippen LogP contribution in [0.2, 0.25) is 0 Å². The Morgan fingerprint density at radius 3 is 2.86 bits per heavy atom. The van der Waals surface area contributed by atoms with E-state index < -0.39 is 0 Å². The fourth-order valence-electron chi connectivity index (χ4n) is 1.13. The van der Waals surface area contributed by atoms with E-state index in [9.17, 15) is 4.79 Å². The summed E-state index contributed by atoms with van der Waals surface area (Å²) >= 11 is 3.23. The van der Waals surface area contributed by atoms with E-state index in [0.29, 0.717) is 11.5 Å². The lowest BCUT2D eigenvalue weighted by molar-refractivity contribution is 0.104. The molecule has 72 valence electrons. The van der Waals surface area contributed by atoms with Crippen LogP contribution in [0.3, 0.4) is 0 Å². The summed E-state index contributed by atoms with van der Waals surface area (Å²) in [6.45, 7) is 0. The third-order valence-corrected chi connectivity index (χ3v) is 2.62. The van der Waals surface area contributed by atoms with E-state index in [4.69, 9.17) is 0 Å². The van der Waals surface area contributed by atoms with E-state index >= 15 is 0 Å². The second-order valence-corrected chi connectivity index (χ2v) is 4.24. The summed E-state index contributed by atoms with van der Waals surface area (Å²) in [5, 5.41) is 0. The molecule has 1 heterocycles. The number of halogens is 1. The van der Waals surface area contributed by atoms with Gasteiger partial charge < -0.3 is 0 Å². The van der Waals surface area contributed by atoms with Crippen LogP contribution in [0.25, 0.3) is 0 Å². The molecule has 0 amide bonds. The Hall–Kier alpha value is -0.960. The van der Waals surface area contributed by atoms with Crippen molar-refractivity contribution in [1.82, 2.24) is 4.98 Å². The fourth-order valence-corrected chi connectivity index (χ4v) is 1.36. The van der Waals surface area contributed by atoms with Gasteiger partial charge in [0.15, 0.2) is 5.78 Å². The number of carbonyl (C=O) groups is 1. The first-order valence-electron chi connectivity index (χ1n) is 4.60. The molecule has 3 heteroatoms. The summed E-state index contributed by atoms with van der Waals surface area (Å²) in [5.41, 5.74) is 0.644. The topological polar surface area (TPSA) is 30.0 Å². The van der Waals surface area contributed by atoms with Crippen molar-refractivity contribution in [1.29, 1.82) is 0 Å². The molecular formula is C11H10BrNO. The van der Waals surface area contributed by atoms with Gasteiger partial charge in [-0.05, 0) is 52.9 Å². The van der Waals surface area contributed by atoms with Gasteiger partial charge in [0, 0.05) is 11.8 Å². The number of hydrogen-bond donors (Lipinski definition) is 0. The number of allylic oxidation sites excluding steroid dienone is 2. The Labute approximate surface area is 91.2 Å². The van der Waals surface area contributed by atoms with Gasteiger partial charge in [0.1, 0.15) is 4.60 Å². The largest absolute Gasteiger partial charge is 0.289 e. The molecule has 1 aromatic rings. The van der Waals surface area contributed by atoms with Crippen molar-refractivity contribution in [3.8, 4) is 0 Å². The van der Waals surface area contributed by atoms with Gasteiger partial charge in [-0.2, -0.15) is 0 Å². The summed E-state index contributed by atoms with van der Waals surface area (Å²) in [6.07, 6.45) is 7.68. The van der Waals surface area contributed by atoms with Gasteiger partial charge in [-0.15, -0.1) is 0 Å². The zero-order valence-electron chi connectivity index (χ0n) is 7.61. The van der Waals surface area contributed by atoms with E-state index in [1.54, 1.807) is 24.4 Å². The van der Waals surface area contributed by atoms with Crippen LogP contribution in [0.4, 0.5) is 0 Å². The van der Waals surface area contributed by atoms with Crippen molar-refractivity contribution in [3.05, 3.63) is 40.6 Å². The van der Waals surface area contributed by atoms with Gasteiger partial charge in [0.2, 0.25) is 0 Å². The lowest BCUT2D eigenvalue weighted by atomic mass is 10.2. The molecule has 0 aromatic carbocycles. The summed E-state index contributed by atoms with van der Waals surface area (Å²) in [4.78, 5) is 15.6. The van der Waals surface area contributed by atoms with Crippen molar-refractivity contribution in [3.63, 3.8) is 0 Å². The molecule has 0 bridgehead atoms. The maximum atomic E-state index is 11.5. The summed E-state index contributed by atoms with van der Waals surface area (Å²) in [7, 11) is 0. The second kappa shape index (κ2) is 4.05.